The van der Waals surface area contributed by atoms with Gasteiger partial charge >= 0.3 is 0 Å². The second-order valence-electron chi connectivity index (χ2n) is 7.70. The number of ether oxygens (including phenoxy) is 2. The number of anilines is 3. The summed E-state index contributed by atoms with van der Waals surface area (Å²) in [6.07, 6.45) is 0.787. The summed E-state index contributed by atoms with van der Waals surface area (Å²) in [5.41, 5.74) is 2.64. The molecule has 2 N–H and O–H groups in total. The number of nitrogens with zero attached hydrogens (tertiary/aromatic N) is 1. The van der Waals surface area contributed by atoms with Crippen molar-refractivity contribution in [3.8, 4) is 11.5 Å². The molecule has 0 fully saturated rings. The zero-order valence-corrected chi connectivity index (χ0v) is 17.7. The topological polar surface area (TPSA) is 97.0 Å². The molecule has 3 aromatic carbocycles. The van der Waals surface area contributed by atoms with E-state index in [4.69, 9.17) is 9.47 Å². The summed E-state index contributed by atoms with van der Waals surface area (Å²) < 4.78 is 11.2. The van der Waals surface area contributed by atoms with Crippen LogP contribution in [0.3, 0.4) is 0 Å². The first-order chi connectivity index (χ1) is 16.1. The molecule has 0 saturated heterocycles. The predicted octanol–water partition coefficient (Wildman–Crippen LogP) is 3.70. The number of para-hydroxylation sites is 2. The summed E-state index contributed by atoms with van der Waals surface area (Å²) in [7, 11) is 0. The van der Waals surface area contributed by atoms with Crippen LogP contribution in [-0.4, -0.2) is 37.5 Å². The van der Waals surface area contributed by atoms with E-state index in [1.165, 1.54) is 4.90 Å². The molecule has 0 aliphatic carbocycles. The molecule has 3 aromatic rings. The first-order valence-electron chi connectivity index (χ1n) is 10.6. The zero-order chi connectivity index (χ0) is 22.8. The molecule has 0 spiro atoms. The Morgan fingerprint density at radius 2 is 1.61 bits per heavy atom. The summed E-state index contributed by atoms with van der Waals surface area (Å²) >= 11 is 0. The molecule has 166 valence electrons. The molecule has 8 heteroatoms. The Morgan fingerprint density at radius 1 is 0.879 bits per heavy atom. The maximum absolute atomic E-state index is 13.1. The zero-order valence-electron chi connectivity index (χ0n) is 17.7. The van der Waals surface area contributed by atoms with E-state index < -0.39 is 0 Å². The first-order valence-corrected chi connectivity index (χ1v) is 10.6. The smallest absolute Gasteiger partial charge is 0.258 e. The van der Waals surface area contributed by atoms with Gasteiger partial charge in [-0.2, -0.15) is 0 Å². The molecular formula is C25H21N3O5. The Balaban J connectivity index is 1.30. The summed E-state index contributed by atoms with van der Waals surface area (Å²) in [5.74, 6) is 0.331. The van der Waals surface area contributed by atoms with Gasteiger partial charge in [0.05, 0.1) is 24.6 Å². The van der Waals surface area contributed by atoms with Gasteiger partial charge in [-0.1, -0.05) is 12.1 Å². The Morgan fingerprint density at radius 3 is 2.42 bits per heavy atom. The quantitative estimate of drug-likeness (QED) is 0.644. The van der Waals surface area contributed by atoms with Gasteiger partial charge in [0.25, 0.3) is 11.8 Å². The summed E-state index contributed by atoms with van der Waals surface area (Å²) in [6.45, 7) is 1.06. The van der Waals surface area contributed by atoms with Gasteiger partial charge in [-0.15, -0.1) is 0 Å². The number of fused-ring (bicyclic) bond motifs is 2. The SMILES string of the molecule is O=C1CN(C(=O)c2ccc(NC(=O)c3ccc4c(c3)OCCCO4)cc2)c2ccccc2N1. The highest BCUT2D eigenvalue weighted by molar-refractivity contribution is 6.15. The molecule has 2 aliphatic heterocycles. The van der Waals surface area contributed by atoms with Crippen LogP contribution in [0.4, 0.5) is 17.1 Å². The Hall–Kier alpha value is -4.33. The van der Waals surface area contributed by atoms with Crippen molar-refractivity contribution in [2.24, 2.45) is 0 Å². The molecular weight excluding hydrogens is 422 g/mol. The molecule has 2 heterocycles. The van der Waals surface area contributed by atoms with Gasteiger partial charge in [0.1, 0.15) is 6.54 Å². The lowest BCUT2D eigenvalue weighted by molar-refractivity contribution is -0.115. The van der Waals surface area contributed by atoms with Gasteiger partial charge in [0, 0.05) is 23.2 Å². The first kappa shape index (κ1) is 20.6. The lowest BCUT2D eigenvalue weighted by Gasteiger charge is -2.29. The minimum Gasteiger partial charge on any atom is -0.490 e. The number of hydrogen-bond acceptors (Lipinski definition) is 5. The fourth-order valence-corrected chi connectivity index (χ4v) is 3.77. The van der Waals surface area contributed by atoms with Gasteiger partial charge in [-0.05, 0) is 54.6 Å². The van der Waals surface area contributed by atoms with Crippen molar-refractivity contribution < 1.29 is 23.9 Å². The summed E-state index contributed by atoms with van der Waals surface area (Å²) in [4.78, 5) is 39.2. The highest BCUT2D eigenvalue weighted by atomic mass is 16.5. The minimum absolute atomic E-state index is 0.0571. The molecule has 5 rings (SSSR count). The molecule has 0 saturated carbocycles. The van der Waals surface area contributed by atoms with E-state index in [2.05, 4.69) is 10.6 Å². The normalized spacial score (nSPS) is 14.5. The number of benzene rings is 3. The third kappa shape index (κ3) is 4.23. The summed E-state index contributed by atoms with van der Waals surface area (Å²) in [6, 6.07) is 18.8. The number of carbonyl (C=O) groups is 3. The lowest BCUT2D eigenvalue weighted by atomic mass is 10.1. The molecule has 0 bridgehead atoms. The van der Waals surface area contributed by atoms with Crippen LogP contribution in [-0.2, 0) is 4.79 Å². The fraction of sp³-hybridized carbons (Fsp3) is 0.160. The summed E-state index contributed by atoms with van der Waals surface area (Å²) in [5, 5.41) is 5.59. The maximum Gasteiger partial charge on any atom is 0.258 e. The van der Waals surface area contributed by atoms with E-state index in [1.807, 2.05) is 6.07 Å². The van der Waals surface area contributed by atoms with E-state index >= 15 is 0 Å². The average Bonchev–Trinajstić information content (AvgIpc) is 3.08. The van der Waals surface area contributed by atoms with Crippen molar-refractivity contribution in [1.29, 1.82) is 0 Å². The van der Waals surface area contributed by atoms with Crippen LogP contribution in [0.5, 0.6) is 11.5 Å². The van der Waals surface area contributed by atoms with Gasteiger partial charge < -0.3 is 20.1 Å². The van der Waals surface area contributed by atoms with Crippen LogP contribution in [0.1, 0.15) is 27.1 Å². The predicted molar refractivity (Wildman–Crippen MR) is 123 cm³/mol. The van der Waals surface area contributed by atoms with Crippen molar-refractivity contribution in [2.45, 2.75) is 6.42 Å². The van der Waals surface area contributed by atoms with Crippen molar-refractivity contribution >= 4 is 34.8 Å². The Bertz CT molecular complexity index is 1240. The monoisotopic (exact) mass is 443 g/mol. The van der Waals surface area contributed by atoms with Gasteiger partial charge in [-0.3, -0.25) is 19.3 Å². The molecule has 0 aromatic heterocycles. The van der Waals surface area contributed by atoms with Crippen LogP contribution < -0.4 is 25.0 Å². The second-order valence-corrected chi connectivity index (χ2v) is 7.70. The van der Waals surface area contributed by atoms with Gasteiger partial charge in [-0.25, -0.2) is 0 Å². The van der Waals surface area contributed by atoms with Crippen molar-refractivity contribution in [3.63, 3.8) is 0 Å². The number of carbonyl (C=O) groups excluding carboxylic acids is 3. The van der Waals surface area contributed by atoms with Crippen LogP contribution in [0.25, 0.3) is 0 Å². The largest absolute Gasteiger partial charge is 0.490 e. The number of nitrogens with one attached hydrogen (secondary N) is 2. The van der Waals surface area contributed by atoms with Crippen LogP contribution in [0.15, 0.2) is 66.7 Å². The van der Waals surface area contributed by atoms with E-state index in [1.54, 1.807) is 60.7 Å². The number of hydrogen-bond donors (Lipinski definition) is 2. The molecule has 8 nitrogen and oxygen atoms in total. The molecule has 33 heavy (non-hydrogen) atoms. The van der Waals surface area contributed by atoms with E-state index in [0.29, 0.717) is 52.9 Å². The fourth-order valence-electron chi connectivity index (χ4n) is 3.77. The third-order valence-corrected chi connectivity index (χ3v) is 5.42. The van der Waals surface area contributed by atoms with Crippen molar-refractivity contribution in [1.82, 2.24) is 0 Å². The molecule has 2 aliphatic rings. The number of rotatable bonds is 3. The van der Waals surface area contributed by atoms with Crippen molar-refractivity contribution in [2.75, 3.05) is 35.3 Å². The van der Waals surface area contributed by atoms with Crippen LogP contribution in [0.2, 0.25) is 0 Å². The van der Waals surface area contributed by atoms with E-state index in [-0.39, 0.29) is 24.3 Å². The van der Waals surface area contributed by atoms with E-state index in [0.717, 1.165) is 6.42 Å². The highest BCUT2D eigenvalue weighted by Gasteiger charge is 2.27. The third-order valence-electron chi connectivity index (χ3n) is 5.42. The van der Waals surface area contributed by atoms with Crippen LogP contribution >= 0.6 is 0 Å². The van der Waals surface area contributed by atoms with E-state index in [9.17, 15) is 14.4 Å². The molecule has 3 amide bonds. The number of amides is 3. The van der Waals surface area contributed by atoms with Gasteiger partial charge in [0.2, 0.25) is 5.91 Å². The van der Waals surface area contributed by atoms with Gasteiger partial charge in [0.15, 0.2) is 11.5 Å². The minimum atomic E-state index is -0.300. The highest BCUT2D eigenvalue weighted by Crippen LogP contribution is 2.31. The van der Waals surface area contributed by atoms with Crippen LogP contribution in [0, 0.1) is 0 Å². The molecule has 0 atom stereocenters. The average molecular weight is 443 g/mol. The Kier molecular flexibility index (Phi) is 5.40. The second kappa shape index (κ2) is 8.66. The maximum atomic E-state index is 13.1. The molecule has 0 radical (unpaired) electrons. The standard InChI is InChI=1S/C25H21N3O5/c29-23-15-28(20-5-2-1-4-19(20)27-23)25(31)16-6-9-18(10-7-16)26-24(30)17-8-11-21-22(14-17)33-13-3-12-32-21/h1-2,4-11,14H,3,12-13,15H2,(H,26,30)(H,27,29). The lowest BCUT2D eigenvalue weighted by Crippen LogP contribution is -2.42. The molecule has 0 unspecified atom stereocenters. The van der Waals surface area contributed by atoms with Crippen molar-refractivity contribution in [3.05, 3.63) is 77.9 Å². The Labute approximate surface area is 190 Å².